The normalized spacial score (nSPS) is 16.8. The number of ether oxygens (including phenoxy) is 1. The van der Waals surface area contributed by atoms with Gasteiger partial charge in [-0.3, -0.25) is 14.5 Å². The van der Waals surface area contributed by atoms with Crippen molar-refractivity contribution < 1.29 is 14.3 Å². The molecule has 1 heterocycles. The molecule has 3 N–H and O–H groups in total. The van der Waals surface area contributed by atoms with Gasteiger partial charge in [0.1, 0.15) is 5.75 Å². The van der Waals surface area contributed by atoms with E-state index in [0.717, 1.165) is 11.1 Å². The minimum atomic E-state index is -0.481. The summed E-state index contributed by atoms with van der Waals surface area (Å²) in [5.41, 5.74) is 8.43. The lowest BCUT2D eigenvalue weighted by atomic mass is 9.93. The summed E-state index contributed by atoms with van der Waals surface area (Å²) < 4.78 is 5.15. The molecule has 25 heavy (non-hydrogen) atoms. The first-order valence-corrected chi connectivity index (χ1v) is 8.11. The molecule has 0 radical (unpaired) electrons. The predicted molar refractivity (Wildman–Crippen MR) is 95.2 cm³/mol. The van der Waals surface area contributed by atoms with Gasteiger partial charge in [0.2, 0.25) is 11.8 Å². The number of hydrogen-bond donors (Lipinski definition) is 2. The molecule has 0 unspecified atom stereocenters. The van der Waals surface area contributed by atoms with E-state index in [2.05, 4.69) is 5.32 Å². The van der Waals surface area contributed by atoms with E-state index >= 15 is 0 Å². The zero-order valence-corrected chi connectivity index (χ0v) is 14.1. The Balaban J connectivity index is 1.71. The van der Waals surface area contributed by atoms with Crippen LogP contribution < -0.4 is 15.8 Å². The quantitative estimate of drug-likeness (QED) is 0.865. The number of primary amides is 1. The molecule has 1 atom stereocenters. The van der Waals surface area contributed by atoms with Gasteiger partial charge in [-0.05, 0) is 29.7 Å². The van der Waals surface area contributed by atoms with E-state index < -0.39 is 11.9 Å². The maximum atomic E-state index is 12.4. The molecule has 0 saturated heterocycles. The lowest BCUT2D eigenvalue weighted by molar-refractivity contribution is -0.125. The first-order valence-electron chi connectivity index (χ1n) is 8.11. The van der Waals surface area contributed by atoms with E-state index in [9.17, 15) is 9.59 Å². The summed E-state index contributed by atoms with van der Waals surface area (Å²) in [4.78, 5) is 26.1. The Morgan fingerprint density at radius 1 is 1.20 bits per heavy atom. The van der Waals surface area contributed by atoms with Crippen LogP contribution in [0.25, 0.3) is 0 Å². The van der Waals surface area contributed by atoms with Crippen LogP contribution in [0.2, 0.25) is 0 Å². The lowest BCUT2D eigenvalue weighted by Crippen LogP contribution is -2.50. The molecule has 0 aliphatic carbocycles. The third-order valence-electron chi connectivity index (χ3n) is 4.37. The molecule has 2 amide bonds. The summed E-state index contributed by atoms with van der Waals surface area (Å²) in [5, 5.41) is 2.83. The maximum absolute atomic E-state index is 12.4. The van der Waals surface area contributed by atoms with Crippen LogP contribution in [0.4, 0.5) is 5.69 Å². The number of nitrogens with two attached hydrogens (primary N) is 1. The van der Waals surface area contributed by atoms with Gasteiger partial charge in [0.25, 0.3) is 0 Å². The van der Waals surface area contributed by atoms with Gasteiger partial charge in [-0.25, -0.2) is 0 Å². The lowest BCUT2D eigenvalue weighted by Gasteiger charge is -2.34. The van der Waals surface area contributed by atoms with Gasteiger partial charge in [-0.1, -0.05) is 30.3 Å². The van der Waals surface area contributed by atoms with E-state index in [1.165, 1.54) is 0 Å². The molecule has 1 aliphatic rings. The molecule has 6 nitrogen and oxygen atoms in total. The smallest absolute Gasteiger partial charge is 0.238 e. The highest BCUT2D eigenvalue weighted by atomic mass is 16.5. The van der Waals surface area contributed by atoms with E-state index in [-0.39, 0.29) is 12.5 Å². The van der Waals surface area contributed by atoms with Crippen molar-refractivity contribution >= 4 is 17.5 Å². The van der Waals surface area contributed by atoms with Crippen LogP contribution >= 0.6 is 0 Å². The number of fused-ring (bicyclic) bond motifs is 1. The number of nitrogens with one attached hydrogen (secondary N) is 1. The summed E-state index contributed by atoms with van der Waals surface area (Å²) in [7, 11) is 1.57. The maximum Gasteiger partial charge on any atom is 0.238 e. The van der Waals surface area contributed by atoms with Gasteiger partial charge < -0.3 is 15.8 Å². The van der Waals surface area contributed by atoms with E-state index in [4.69, 9.17) is 10.5 Å². The third kappa shape index (κ3) is 3.97. The van der Waals surface area contributed by atoms with Crippen LogP contribution in [0.5, 0.6) is 5.75 Å². The second-order valence-electron chi connectivity index (χ2n) is 6.08. The highest BCUT2D eigenvalue weighted by Gasteiger charge is 2.31. The number of anilines is 1. The van der Waals surface area contributed by atoms with Crippen molar-refractivity contribution in [2.24, 2.45) is 5.73 Å². The van der Waals surface area contributed by atoms with Crippen LogP contribution in [-0.4, -0.2) is 36.4 Å². The zero-order valence-electron chi connectivity index (χ0n) is 14.1. The Morgan fingerprint density at radius 2 is 1.96 bits per heavy atom. The molecule has 2 aromatic rings. The van der Waals surface area contributed by atoms with Gasteiger partial charge >= 0.3 is 0 Å². The molecule has 0 bridgehead atoms. The van der Waals surface area contributed by atoms with Crippen LogP contribution in [0.3, 0.4) is 0 Å². The SMILES string of the molecule is COc1cccc(NC(=O)CN2Cc3ccccc3C[C@H]2C(N)=O)c1. The average Bonchev–Trinajstić information content (AvgIpc) is 2.61. The molecule has 0 aromatic heterocycles. The Bertz CT molecular complexity index is 791. The average molecular weight is 339 g/mol. The van der Waals surface area contributed by atoms with Gasteiger partial charge in [0, 0.05) is 18.3 Å². The predicted octanol–water partition coefficient (Wildman–Crippen LogP) is 1.55. The molecule has 1 aliphatic heterocycles. The van der Waals surface area contributed by atoms with Crippen LogP contribution in [-0.2, 0) is 22.6 Å². The van der Waals surface area contributed by atoms with E-state index in [1.54, 1.807) is 31.4 Å². The number of rotatable bonds is 5. The monoisotopic (exact) mass is 339 g/mol. The van der Waals surface area contributed by atoms with Crippen molar-refractivity contribution in [2.75, 3.05) is 19.0 Å². The Labute approximate surface area is 146 Å². The molecular weight excluding hydrogens is 318 g/mol. The first-order chi connectivity index (χ1) is 12.1. The minimum Gasteiger partial charge on any atom is -0.497 e. The summed E-state index contributed by atoms with van der Waals surface area (Å²) in [5.74, 6) is 0.0577. The number of benzene rings is 2. The van der Waals surface area contributed by atoms with E-state index in [0.29, 0.717) is 24.4 Å². The van der Waals surface area contributed by atoms with Crippen LogP contribution in [0.1, 0.15) is 11.1 Å². The topological polar surface area (TPSA) is 84.7 Å². The summed E-state index contributed by atoms with van der Waals surface area (Å²) in [6, 6.07) is 14.6. The van der Waals surface area contributed by atoms with Gasteiger partial charge in [-0.2, -0.15) is 0 Å². The van der Waals surface area contributed by atoms with Gasteiger partial charge in [-0.15, -0.1) is 0 Å². The Hall–Kier alpha value is -2.86. The van der Waals surface area contributed by atoms with Gasteiger partial charge in [0.05, 0.1) is 19.7 Å². The molecule has 130 valence electrons. The molecule has 2 aromatic carbocycles. The summed E-state index contributed by atoms with van der Waals surface area (Å²) in [6.07, 6.45) is 0.526. The number of nitrogens with zero attached hydrogens (tertiary/aromatic N) is 1. The number of carbonyl (C=O) groups excluding carboxylic acids is 2. The number of methoxy groups -OCH3 is 1. The molecule has 6 heteroatoms. The fourth-order valence-electron chi connectivity index (χ4n) is 3.11. The fraction of sp³-hybridized carbons (Fsp3) is 0.263. The number of hydrogen-bond acceptors (Lipinski definition) is 4. The molecule has 0 spiro atoms. The zero-order chi connectivity index (χ0) is 17.8. The standard InChI is InChI=1S/C19H21N3O3/c1-25-16-8-4-7-15(10-16)21-18(23)12-22-11-14-6-3-2-5-13(14)9-17(22)19(20)24/h2-8,10,17H,9,11-12H2,1H3,(H2,20,24)(H,21,23)/t17-/m0/s1. The van der Waals surface area contributed by atoms with Crippen molar-refractivity contribution in [3.8, 4) is 5.75 Å². The number of amides is 2. The first kappa shape index (κ1) is 17.0. The third-order valence-corrected chi connectivity index (χ3v) is 4.37. The van der Waals surface area contributed by atoms with Crippen molar-refractivity contribution in [3.05, 3.63) is 59.7 Å². The highest BCUT2D eigenvalue weighted by Crippen LogP contribution is 2.23. The van der Waals surface area contributed by atoms with Crippen molar-refractivity contribution in [2.45, 2.75) is 19.0 Å². The Kier molecular flexibility index (Phi) is 5.00. The van der Waals surface area contributed by atoms with Crippen LogP contribution in [0, 0.1) is 0 Å². The summed E-state index contributed by atoms with van der Waals surface area (Å²) in [6.45, 7) is 0.620. The Morgan fingerprint density at radius 3 is 2.68 bits per heavy atom. The van der Waals surface area contributed by atoms with E-state index in [1.807, 2.05) is 29.2 Å². The second-order valence-corrected chi connectivity index (χ2v) is 6.08. The molecular formula is C19H21N3O3. The summed E-state index contributed by atoms with van der Waals surface area (Å²) >= 11 is 0. The van der Waals surface area contributed by atoms with Gasteiger partial charge in [0.15, 0.2) is 0 Å². The fourth-order valence-corrected chi connectivity index (χ4v) is 3.11. The molecule has 0 saturated carbocycles. The highest BCUT2D eigenvalue weighted by molar-refractivity contribution is 5.93. The molecule has 0 fully saturated rings. The number of carbonyl (C=O) groups is 2. The van der Waals surface area contributed by atoms with Crippen molar-refractivity contribution in [3.63, 3.8) is 0 Å². The minimum absolute atomic E-state index is 0.0964. The van der Waals surface area contributed by atoms with Crippen LogP contribution in [0.15, 0.2) is 48.5 Å². The van der Waals surface area contributed by atoms with Crippen molar-refractivity contribution in [1.82, 2.24) is 4.90 Å². The second kappa shape index (κ2) is 7.36. The largest absolute Gasteiger partial charge is 0.497 e. The molecule has 3 rings (SSSR count). The van der Waals surface area contributed by atoms with Crippen molar-refractivity contribution in [1.29, 1.82) is 0 Å².